The number of likely N-dealkylation sites (tertiary alicyclic amines) is 2. The van der Waals surface area contributed by atoms with Gasteiger partial charge < -0.3 is 25.2 Å². The van der Waals surface area contributed by atoms with E-state index in [4.69, 9.17) is 4.74 Å². The second-order valence-corrected chi connectivity index (χ2v) is 10.8. The van der Waals surface area contributed by atoms with E-state index < -0.39 is 17.5 Å². The van der Waals surface area contributed by atoms with Gasteiger partial charge in [0.25, 0.3) is 0 Å². The number of halogens is 3. The molecule has 39 heavy (non-hydrogen) atoms. The van der Waals surface area contributed by atoms with Crippen LogP contribution in [0, 0.1) is 0 Å². The number of phenols is 1. The van der Waals surface area contributed by atoms with Gasteiger partial charge in [-0.25, -0.2) is 0 Å². The molecule has 0 amide bonds. The van der Waals surface area contributed by atoms with Gasteiger partial charge in [0.05, 0.1) is 30.6 Å². The summed E-state index contributed by atoms with van der Waals surface area (Å²) in [5, 5.41) is 24.1. The third-order valence-electron chi connectivity index (χ3n) is 8.04. The molecule has 0 spiro atoms. The fourth-order valence-electron chi connectivity index (χ4n) is 5.71. The number of alkyl halides is 3. The van der Waals surface area contributed by atoms with Crippen LogP contribution < -0.4 is 5.32 Å². The third kappa shape index (κ3) is 7.22. The first-order valence-electron chi connectivity index (χ1n) is 13.9. The van der Waals surface area contributed by atoms with Gasteiger partial charge in [-0.05, 0) is 57.4 Å². The van der Waals surface area contributed by atoms with Crippen molar-refractivity contribution in [1.29, 1.82) is 0 Å². The Hall–Kier alpha value is -2.40. The Morgan fingerprint density at radius 2 is 1.82 bits per heavy atom. The van der Waals surface area contributed by atoms with Crippen molar-refractivity contribution in [2.24, 2.45) is 4.99 Å². The number of piperidine rings is 1. The summed E-state index contributed by atoms with van der Waals surface area (Å²) in [6, 6.07) is 3.26. The number of benzene rings is 1. The summed E-state index contributed by atoms with van der Waals surface area (Å²) in [5.41, 5.74) is 3.70. The molecule has 1 aromatic rings. The van der Waals surface area contributed by atoms with Gasteiger partial charge in [-0.3, -0.25) is 9.89 Å². The van der Waals surface area contributed by atoms with Gasteiger partial charge >= 0.3 is 6.18 Å². The molecular weight excluding hydrogens is 509 g/mol. The lowest BCUT2D eigenvalue weighted by molar-refractivity contribution is -0.137. The molecule has 2 saturated heterocycles. The minimum atomic E-state index is -4.54. The van der Waals surface area contributed by atoms with Crippen LogP contribution in [0.25, 0.3) is 0 Å². The molecule has 0 aliphatic carbocycles. The topological polar surface area (TPSA) is 80.6 Å². The molecule has 2 atom stereocenters. The lowest BCUT2D eigenvalue weighted by Crippen LogP contribution is -2.47. The molecule has 0 aromatic heterocycles. The van der Waals surface area contributed by atoms with Crippen molar-refractivity contribution >= 4 is 5.71 Å². The van der Waals surface area contributed by atoms with Gasteiger partial charge in [-0.15, -0.1) is 0 Å². The molecule has 7 nitrogen and oxygen atoms in total. The van der Waals surface area contributed by atoms with Gasteiger partial charge in [0.15, 0.2) is 0 Å². The van der Waals surface area contributed by atoms with Gasteiger partial charge in [-0.1, -0.05) is 12.5 Å². The quantitative estimate of drug-likeness (QED) is 0.404. The van der Waals surface area contributed by atoms with Crippen LogP contribution in [0.15, 0.2) is 45.6 Å². The first-order valence-corrected chi connectivity index (χ1v) is 13.9. The Bertz CT molecular complexity index is 1120. The number of hydrogen-bond acceptors (Lipinski definition) is 7. The van der Waals surface area contributed by atoms with Crippen LogP contribution in [0.4, 0.5) is 13.2 Å². The van der Waals surface area contributed by atoms with Gasteiger partial charge in [0.1, 0.15) is 5.75 Å². The molecule has 4 rings (SSSR count). The molecule has 216 valence electrons. The van der Waals surface area contributed by atoms with Crippen LogP contribution in [-0.4, -0.2) is 97.4 Å². The SMILES string of the molecule is CC/C(C)=C(\NC1CCCN(CCN2CCC(O)C2)C1)C1=C(C(=NC)c2ccc(C(F)(F)F)cc2O)COC1. The van der Waals surface area contributed by atoms with Crippen LogP contribution in [0.1, 0.15) is 50.7 Å². The van der Waals surface area contributed by atoms with Crippen LogP contribution in [0.5, 0.6) is 5.75 Å². The molecule has 10 heteroatoms. The summed E-state index contributed by atoms with van der Waals surface area (Å²) < 4.78 is 45.4. The molecule has 0 radical (unpaired) electrons. The highest BCUT2D eigenvalue weighted by Gasteiger charge is 2.33. The van der Waals surface area contributed by atoms with Crippen LogP contribution in [0.2, 0.25) is 0 Å². The molecule has 0 bridgehead atoms. The van der Waals surface area contributed by atoms with Crippen molar-refractivity contribution < 1.29 is 28.1 Å². The number of aliphatic hydroxyl groups is 1. The van der Waals surface area contributed by atoms with E-state index in [1.807, 2.05) is 0 Å². The Balaban J connectivity index is 1.54. The highest BCUT2D eigenvalue weighted by molar-refractivity contribution is 6.15. The van der Waals surface area contributed by atoms with Crippen LogP contribution >= 0.6 is 0 Å². The fourth-order valence-corrected chi connectivity index (χ4v) is 5.71. The first kappa shape index (κ1) is 29.6. The molecule has 3 aliphatic heterocycles. The third-order valence-corrected chi connectivity index (χ3v) is 8.04. The van der Waals surface area contributed by atoms with E-state index in [9.17, 15) is 23.4 Å². The molecular formula is C29H41F3N4O3. The van der Waals surface area contributed by atoms with Crippen molar-refractivity contribution in [2.75, 3.05) is 59.5 Å². The van der Waals surface area contributed by atoms with E-state index in [0.717, 1.165) is 93.9 Å². The molecule has 2 fully saturated rings. The number of β-amino-alcohol motifs (C(OH)–C–C–N with tert-alkyl or cyclic N) is 1. The maximum atomic E-state index is 13.2. The second-order valence-electron chi connectivity index (χ2n) is 10.8. The lowest BCUT2D eigenvalue weighted by atomic mass is 9.93. The number of nitrogens with one attached hydrogen (secondary N) is 1. The second kappa shape index (κ2) is 12.8. The van der Waals surface area contributed by atoms with Crippen molar-refractivity contribution in [3.8, 4) is 5.75 Å². The summed E-state index contributed by atoms with van der Waals surface area (Å²) in [5.74, 6) is -0.455. The number of aliphatic hydroxyl groups excluding tert-OH is 1. The average Bonchev–Trinajstić information content (AvgIpc) is 3.55. The Morgan fingerprint density at radius 1 is 1.10 bits per heavy atom. The number of allylic oxidation sites excluding steroid dienone is 1. The molecule has 0 saturated carbocycles. The lowest BCUT2D eigenvalue weighted by Gasteiger charge is -2.35. The summed E-state index contributed by atoms with van der Waals surface area (Å²) in [6.07, 6.45) is -0.942. The number of nitrogens with zero attached hydrogens (tertiary/aromatic N) is 3. The normalized spacial score (nSPS) is 24.4. The van der Waals surface area contributed by atoms with Crippen molar-refractivity contribution in [3.05, 3.63) is 51.7 Å². The Kier molecular flexibility index (Phi) is 9.74. The van der Waals surface area contributed by atoms with E-state index >= 15 is 0 Å². The highest BCUT2D eigenvalue weighted by Crippen LogP contribution is 2.35. The number of rotatable bonds is 9. The smallest absolute Gasteiger partial charge is 0.416 e. The zero-order valence-electron chi connectivity index (χ0n) is 23.2. The zero-order chi connectivity index (χ0) is 28.2. The minimum absolute atomic E-state index is 0.206. The van der Waals surface area contributed by atoms with Gasteiger partial charge in [-0.2, -0.15) is 13.2 Å². The monoisotopic (exact) mass is 550 g/mol. The molecule has 3 aliphatic rings. The van der Waals surface area contributed by atoms with E-state index in [0.29, 0.717) is 12.3 Å². The number of ether oxygens (including phenoxy) is 1. The Labute approximate surface area is 229 Å². The van der Waals surface area contributed by atoms with E-state index in [1.54, 1.807) is 7.05 Å². The van der Waals surface area contributed by atoms with Crippen molar-refractivity contribution in [3.63, 3.8) is 0 Å². The molecule has 1 aromatic carbocycles. The summed E-state index contributed by atoms with van der Waals surface area (Å²) in [4.78, 5) is 9.19. The Morgan fingerprint density at radius 3 is 2.44 bits per heavy atom. The maximum absolute atomic E-state index is 13.2. The van der Waals surface area contributed by atoms with Gasteiger partial charge in [0.2, 0.25) is 0 Å². The van der Waals surface area contributed by atoms with Gasteiger partial charge in [0, 0.05) is 68.2 Å². The summed E-state index contributed by atoms with van der Waals surface area (Å²) in [6.45, 7) is 10.4. The van der Waals surface area contributed by atoms with Crippen molar-refractivity contribution in [2.45, 2.75) is 57.9 Å². The van der Waals surface area contributed by atoms with E-state index in [1.165, 1.54) is 11.6 Å². The van der Waals surface area contributed by atoms with Crippen LogP contribution in [0.3, 0.4) is 0 Å². The largest absolute Gasteiger partial charge is 0.507 e. The number of aromatic hydroxyl groups is 1. The summed E-state index contributed by atoms with van der Waals surface area (Å²) >= 11 is 0. The zero-order valence-corrected chi connectivity index (χ0v) is 23.2. The molecule has 3 heterocycles. The molecule has 2 unspecified atom stereocenters. The van der Waals surface area contributed by atoms with Crippen molar-refractivity contribution in [1.82, 2.24) is 15.1 Å². The summed E-state index contributed by atoms with van der Waals surface area (Å²) in [7, 11) is 1.58. The number of hydrogen-bond donors (Lipinski definition) is 3. The van der Waals surface area contributed by atoms with E-state index in [-0.39, 0.29) is 24.3 Å². The standard InChI is InChI=1S/C29H41F3N4O3/c1-4-19(2)27(34-21-6-5-10-35(15-21)12-13-36-11-9-22(37)16-36)24-17-39-18-25(24)28(33-3)23-8-7-20(14-26(23)38)29(30,31)32/h7-8,14,21-22,34,37-38H,4-6,9-13,15-18H2,1-3H3/b27-19-,33-28?. The average molecular weight is 551 g/mol. The molecule has 3 N–H and O–H groups in total. The highest BCUT2D eigenvalue weighted by atomic mass is 19.4. The number of aliphatic imine (C=N–C) groups is 1. The van der Waals surface area contributed by atoms with E-state index in [2.05, 4.69) is 34.0 Å². The fraction of sp³-hybridized carbons (Fsp3) is 0.621. The predicted octanol–water partition coefficient (Wildman–Crippen LogP) is 3.96. The first-order chi connectivity index (χ1) is 18.6. The maximum Gasteiger partial charge on any atom is 0.416 e. The minimum Gasteiger partial charge on any atom is -0.507 e. The van der Waals surface area contributed by atoms with Crippen LogP contribution in [-0.2, 0) is 10.9 Å². The predicted molar refractivity (Wildman–Crippen MR) is 146 cm³/mol. The number of phenolic OH excluding ortho intramolecular Hbond substituents is 1.